The Labute approximate surface area is 167 Å². The number of benzene rings is 1. The lowest BCUT2D eigenvalue weighted by atomic mass is 10.2. The molecule has 0 saturated carbocycles. The lowest BCUT2D eigenvalue weighted by Gasteiger charge is -2.18. The van der Waals surface area contributed by atoms with Crippen LogP contribution in [0.1, 0.15) is 28.2 Å². The third kappa shape index (κ3) is 3.26. The van der Waals surface area contributed by atoms with Gasteiger partial charge >= 0.3 is 0 Å². The lowest BCUT2D eigenvalue weighted by molar-refractivity contribution is -0.117. The van der Waals surface area contributed by atoms with Crippen molar-refractivity contribution in [2.24, 2.45) is 7.05 Å². The monoisotopic (exact) mass is 397 g/mol. The molecule has 0 atom stereocenters. The Balaban J connectivity index is 1.72. The fraction of sp³-hybridized carbons (Fsp3) is 0.333. The van der Waals surface area contributed by atoms with Crippen LogP contribution in [-0.4, -0.2) is 36.6 Å². The van der Waals surface area contributed by atoms with Crippen LogP contribution < -0.4 is 15.0 Å². The minimum absolute atomic E-state index is 0.0583. The lowest BCUT2D eigenvalue weighted by Crippen LogP contribution is -2.31. The van der Waals surface area contributed by atoms with E-state index in [1.807, 2.05) is 41.3 Å². The van der Waals surface area contributed by atoms with Gasteiger partial charge in [-0.3, -0.25) is 9.59 Å². The van der Waals surface area contributed by atoms with E-state index < -0.39 is 0 Å². The number of amides is 2. The van der Waals surface area contributed by atoms with Crippen LogP contribution in [0.25, 0.3) is 10.9 Å². The third-order valence-electron chi connectivity index (χ3n) is 5.18. The first-order valence-electron chi connectivity index (χ1n) is 9.37. The summed E-state index contributed by atoms with van der Waals surface area (Å²) in [5, 5.41) is 5.92. The summed E-state index contributed by atoms with van der Waals surface area (Å²) in [4.78, 5) is 28.6. The fourth-order valence-corrected chi connectivity index (χ4v) is 4.50. The highest BCUT2D eigenvalue weighted by Gasteiger charge is 2.31. The van der Waals surface area contributed by atoms with E-state index in [2.05, 4.69) is 11.4 Å². The van der Waals surface area contributed by atoms with Gasteiger partial charge in [-0.1, -0.05) is 6.07 Å². The predicted octanol–water partition coefficient (Wildman–Crippen LogP) is 3.35. The molecule has 0 bridgehead atoms. The molecule has 0 aliphatic carbocycles. The summed E-state index contributed by atoms with van der Waals surface area (Å²) in [6, 6.07) is 9.78. The number of hydrogen-bond acceptors (Lipinski definition) is 4. The molecule has 7 heteroatoms. The molecule has 0 unspecified atom stereocenters. The Morgan fingerprint density at radius 3 is 2.86 bits per heavy atom. The molecule has 1 N–H and O–H groups in total. The number of thiophene rings is 1. The Bertz CT molecular complexity index is 1020. The number of methoxy groups -OCH3 is 1. The van der Waals surface area contributed by atoms with Crippen molar-refractivity contribution in [3.8, 4) is 5.75 Å². The largest absolute Gasteiger partial charge is 0.497 e. The molecule has 1 aromatic carbocycles. The number of anilines is 1. The third-order valence-corrected chi connectivity index (χ3v) is 6.11. The molecule has 3 aromatic rings. The molecular formula is C21H23N3O3S. The van der Waals surface area contributed by atoms with Crippen molar-refractivity contribution in [2.75, 3.05) is 25.1 Å². The van der Waals surface area contributed by atoms with Crippen molar-refractivity contribution in [1.29, 1.82) is 0 Å². The van der Waals surface area contributed by atoms with Crippen LogP contribution in [0.5, 0.6) is 5.75 Å². The predicted molar refractivity (Wildman–Crippen MR) is 111 cm³/mol. The molecule has 0 spiro atoms. The van der Waals surface area contributed by atoms with E-state index in [4.69, 9.17) is 4.74 Å². The first-order valence-corrected chi connectivity index (χ1v) is 10.3. The van der Waals surface area contributed by atoms with Crippen LogP contribution in [0.15, 0.2) is 35.7 Å². The molecule has 28 heavy (non-hydrogen) atoms. The van der Waals surface area contributed by atoms with Gasteiger partial charge in [0, 0.05) is 36.8 Å². The maximum Gasteiger partial charge on any atom is 0.270 e. The molecule has 1 aliphatic rings. The van der Waals surface area contributed by atoms with Crippen molar-refractivity contribution < 1.29 is 14.3 Å². The summed E-state index contributed by atoms with van der Waals surface area (Å²) in [6.45, 7) is 1.18. The van der Waals surface area contributed by atoms with Crippen molar-refractivity contribution in [3.05, 3.63) is 46.3 Å². The number of aromatic nitrogens is 1. The van der Waals surface area contributed by atoms with E-state index in [1.54, 1.807) is 23.3 Å². The van der Waals surface area contributed by atoms with Gasteiger partial charge in [0.25, 0.3) is 5.91 Å². The van der Waals surface area contributed by atoms with Gasteiger partial charge in [-0.15, -0.1) is 11.3 Å². The highest BCUT2D eigenvalue weighted by atomic mass is 32.1. The van der Waals surface area contributed by atoms with Gasteiger partial charge in [-0.05, 0) is 42.5 Å². The highest BCUT2D eigenvalue weighted by molar-refractivity contribution is 7.09. The quantitative estimate of drug-likeness (QED) is 0.694. The van der Waals surface area contributed by atoms with Crippen molar-refractivity contribution in [1.82, 2.24) is 9.88 Å². The molecule has 4 rings (SSSR count). The number of aryl methyl sites for hydroxylation is 1. The zero-order valence-corrected chi connectivity index (χ0v) is 16.8. The van der Waals surface area contributed by atoms with E-state index in [0.717, 1.165) is 23.7 Å². The zero-order chi connectivity index (χ0) is 19.7. The van der Waals surface area contributed by atoms with E-state index in [1.165, 1.54) is 4.88 Å². The number of carbonyl (C=O) groups is 2. The van der Waals surface area contributed by atoms with Gasteiger partial charge in [-0.2, -0.15) is 0 Å². The molecular weight excluding hydrogens is 374 g/mol. The van der Waals surface area contributed by atoms with Crippen LogP contribution >= 0.6 is 11.3 Å². The summed E-state index contributed by atoms with van der Waals surface area (Å²) in [5.41, 5.74) is 2.11. The minimum Gasteiger partial charge on any atom is -0.497 e. The molecule has 2 amide bonds. The molecule has 3 heterocycles. The summed E-state index contributed by atoms with van der Waals surface area (Å²) in [7, 11) is 3.48. The number of rotatable bonds is 6. The number of nitrogens with one attached hydrogen (secondary N) is 1. The second-order valence-corrected chi connectivity index (χ2v) is 7.91. The van der Waals surface area contributed by atoms with E-state index in [9.17, 15) is 9.59 Å². The SMILES string of the molecule is COc1ccc2c(c1)c(N1CCCC1=O)c(C(=O)NCCc1cccs1)n2C. The van der Waals surface area contributed by atoms with Gasteiger partial charge in [-0.25, -0.2) is 0 Å². The molecule has 6 nitrogen and oxygen atoms in total. The van der Waals surface area contributed by atoms with Crippen LogP contribution in [-0.2, 0) is 18.3 Å². The number of carbonyl (C=O) groups excluding carboxylic acids is 2. The maximum absolute atomic E-state index is 13.1. The van der Waals surface area contributed by atoms with Crippen LogP contribution in [0, 0.1) is 0 Å². The number of fused-ring (bicyclic) bond motifs is 1. The van der Waals surface area contributed by atoms with Crippen LogP contribution in [0.2, 0.25) is 0 Å². The van der Waals surface area contributed by atoms with Gasteiger partial charge in [0.15, 0.2) is 0 Å². The van der Waals surface area contributed by atoms with Gasteiger partial charge in [0.1, 0.15) is 11.4 Å². The molecule has 2 aromatic heterocycles. The van der Waals surface area contributed by atoms with Crippen LogP contribution in [0.3, 0.4) is 0 Å². The van der Waals surface area contributed by atoms with Crippen LogP contribution in [0.4, 0.5) is 5.69 Å². The number of ether oxygens (including phenoxy) is 1. The molecule has 0 radical (unpaired) electrons. The van der Waals surface area contributed by atoms with Gasteiger partial charge in [0.2, 0.25) is 5.91 Å². The Hall–Kier alpha value is -2.80. The van der Waals surface area contributed by atoms with E-state index >= 15 is 0 Å². The highest BCUT2D eigenvalue weighted by Crippen LogP contribution is 2.37. The summed E-state index contributed by atoms with van der Waals surface area (Å²) in [6.07, 6.45) is 2.11. The first-order chi connectivity index (χ1) is 13.6. The second kappa shape index (κ2) is 7.67. The van der Waals surface area contributed by atoms with Crippen molar-refractivity contribution in [2.45, 2.75) is 19.3 Å². The average molecular weight is 398 g/mol. The summed E-state index contributed by atoms with van der Waals surface area (Å²) >= 11 is 1.68. The van der Waals surface area contributed by atoms with E-state index in [-0.39, 0.29) is 11.8 Å². The Kier molecular flexibility index (Phi) is 5.09. The topological polar surface area (TPSA) is 63.6 Å². The number of nitrogens with zero attached hydrogens (tertiary/aromatic N) is 2. The fourth-order valence-electron chi connectivity index (χ4n) is 3.79. The minimum atomic E-state index is -0.163. The molecule has 1 aliphatic heterocycles. The zero-order valence-electron chi connectivity index (χ0n) is 16.0. The molecule has 1 saturated heterocycles. The van der Waals surface area contributed by atoms with Gasteiger partial charge < -0.3 is 19.5 Å². The standard InChI is InChI=1S/C21H23N3O3S/c1-23-17-8-7-14(27-2)13-16(17)19(24-11-3-6-18(24)25)20(23)21(26)22-10-9-15-5-4-12-28-15/h4-5,7-8,12-13H,3,6,9-11H2,1-2H3,(H,22,26). The Morgan fingerprint density at radius 2 is 2.18 bits per heavy atom. The molecule has 1 fully saturated rings. The normalized spacial score (nSPS) is 14.1. The average Bonchev–Trinajstić information content (AvgIpc) is 3.41. The van der Waals surface area contributed by atoms with Gasteiger partial charge in [0.05, 0.1) is 18.3 Å². The van der Waals surface area contributed by atoms with E-state index in [0.29, 0.717) is 36.6 Å². The first kappa shape index (κ1) is 18.6. The van der Waals surface area contributed by atoms with Crippen molar-refractivity contribution >= 4 is 39.7 Å². The summed E-state index contributed by atoms with van der Waals surface area (Å²) in [5.74, 6) is 0.600. The second-order valence-electron chi connectivity index (χ2n) is 6.87. The maximum atomic E-state index is 13.1. The summed E-state index contributed by atoms with van der Waals surface area (Å²) < 4.78 is 7.24. The van der Waals surface area contributed by atoms with Crippen molar-refractivity contribution in [3.63, 3.8) is 0 Å². The Morgan fingerprint density at radius 1 is 1.32 bits per heavy atom. The number of hydrogen-bond donors (Lipinski definition) is 1. The smallest absolute Gasteiger partial charge is 0.270 e. The molecule has 146 valence electrons.